The number of carbonyl (C=O) groups is 4. The summed E-state index contributed by atoms with van der Waals surface area (Å²) in [7, 11) is 0. The van der Waals surface area contributed by atoms with Gasteiger partial charge in [0.2, 0.25) is 17.1 Å². The third kappa shape index (κ3) is 13.8. The standard InChI is InChI=1S/C40H51F2N3O7/c1-3-5-6-7-8-9-10-11-12-13-14-15-36(47)44-32-20-17-29(18-21-32)40(50)52-38-35(28-46)45(22-24-51-23-4-2)27-33(37(38)48)39(49)43-26-30-16-19-31(41)25-34(30)42/h16-21,25,27-28H,3-15,22-24,26H2,1-2H3,(H,43,49)(H,44,47). The average molecular weight is 724 g/mol. The SMILES string of the molecule is CCCCCCCCCCCCCC(=O)Nc1ccc(C(=O)Oc2c(C=O)n(CCOCCC)cc(C(=O)NCc3ccc(F)cc3F)c2=O)cc1. The third-order valence-electron chi connectivity index (χ3n) is 8.52. The van der Waals surface area contributed by atoms with E-state index in [0.29, 0.717) is 31.1 Å². The molecule has 2 N–H and O–H groups in total. The Morgan fingerprint density at radius 1 is 0.827 bits per heavy atom. The van der Waals surface area contributed by atoms with Gasteiger partial charge in [-0.05, 0) is 43.2 Å². The van der Waals surface area contributed by atoms with Gasteiger partial charge in [0.1, 0.15) is 22.9 Å². The number of nitrogens with one attached hydrogen (secondary N) is 2. The quantitative estimate of drug-likeness (QED) is 0.0542. The molecule has 2 amide bonds. The lowest BCUT2D eigenvalue weighted by molar-refractivity contribution is -0.116. The number of anilines is 1. The van der Waals surface area contributed by atoms with Gasteiger partial charge in [0.25, 0.3) is 5.91 Å². The molecule has 0 unspecified atom stereocenters. The molecule has 0 saturated carbocycles. The molecular weight excluding hydrogens is 672 g/mol. The summed E-state index contributed by atoms with van der Waals surface area (Å²) in [5, 5.41) is 5.23. The largest absolute Gasteiger partial charge is 0.416 e. The van der Waals surface area contributed by atoms with Gasteiger partial charge in [-0.15, -0.1) is 0 Å². The summed E-state index contributed by atoms with van der Waals surface area (Å²) in [6.07, 6.45) is 15.7. The van der Waals surface area contributed by atoms with Crippen molar-refractivity contribution in [2.24, 2.45) is 0 Å². The number of aldehydes is 1. The first kappa shape index (κ1) is 41.7. The van der Waals surface area contributed by atoms with Gasteiger partial charge in [0.05, 0.1) is 12.2 Å². The fourth-order valence-electron chi connectivity index (χ4n) is 5.58. The predicted octanol–water partition coefficient (Wildman–Crippen LogP) is 8.15. The minimum atomic E-state index is -1.04. The molecule has 3 aromatic rings. The van der Waals surface area contributed by atoms with Crippen molar-refractivity contribution in [1.82, 2.24) is 9.88 Å². The van der Waals surface area contributed by atoms with Crippen molar-refractivity contribution < 1.29 is 37.4 Å². The predicted molar refractivity (Wildman–Crippen MR) is 196 cm³/mol. The Kier molecular flexibility index (Phi) is 18.4. The number of amides is 2. The zero-order valence-electron chi connectivity index (χ0n) is 30.3. The van der Waals surface area contributed by atoms with Crippen LogP contribution in [0.5, 0.6) is 5.75 Å². The Hall–Kier alpha value is -4.71. The number of pyridine rings is 1. The van der Waals surface area contributed by atoms with Crippen molar-refractivity contribution in [2.75, 3.05) is 18.5 Å². The van der Waals surface area contributed by atoms with Crippen LogP contribution in [-0.2, 0) is 22.6 Å². The number of benzene rings is 2. The van der Waals surface area contributed by atoms with Gasteiger partial charge in [0.15, 0.2) is 6.29 Å². The minimum absolute atomic E-state index is 0.0204. The molecule has 0 spiro atoms. The minimum Gasteiger partial charge on any atom is -0.416 e. The maximum absolute atomic E-state index is 14.2. The van der Waals surface area contributed by atoms with Crippen molar-refractivity contribution in [3.8, 4) is 5.75 Å². The Bertz CT molecular complexity index is 1670. The van der Waals surface area contributed by atoms with Gasteiger partial charge in [-0.3, -0.25) is 19.2 Å². The van der Waals surface area contributed by atoms with Crippen molar-refractivity contribution in [2.45, 2.75) is 110 Å². The number of rotatable bonds is 24. The normalized spacial score (nSPS) is 10.9. The molecule has 3 rings (SSSR count). The second kappa shape index (κ2) is 23.0. The van der Waals surface area contributed by atoms with Crippen molar-refractivity contribution >= 4 is 29.8 Å². The molecule has 282 valence electrons. The zero-order valence-corrected chi connectivity index (χ0v) is 30.3. The number of ether oxygens (including phenoxy) is 2. The van der Waals surface area contributed by atoms with Gasteiger partial charge in [-0.2, -0.15) is 0 Å². The van der Waals surface area contributed by atoms with Gasteiger partial charge in [-0.1, -0.05) is 84.1 Å². The number of esters is 1. The maximum Gasteiger partial charge on any atom is 0.343 e. The Balaban J connectivity index is 1.63. The van der Waals surface area contributed by atoms with E-state index < -0.39 is 40.3 Å². The van der Waals surface area contributed by atoms with E-state index in [9.17, 15) is 32.8 Å². The molecule has 0 fully saturated rings. The fraction of sp³-hybridized carbons (Fsp3) is 0.475. The monoisotopic (exact) mass is 723 g/mol. The van der Waals surface area contributed by atoms with E-state index in [1.54, 1.807) is 0 Å². The van der Waals surface area contributed by atoms with Gasteiger partial charge >= 0.3 is 5.97 Å². The molecular formula is C40H51F2N3O7. The van der Waals surface area contributed by atoms with Gasteiger partial charge < -0.3 is 24.7 Å². The van der Waals surface area contributed by atoms with Crippen LogP contribution in [0.3, 0.4) is 0 Å². The summed E-state index contributed by atoms with van der Waals surface area (Å²) in [6, 6.07) is 8.73. The first-order chi connectivity index (χ1) is 25.2. The van der Waals surface area contributed by atoms with Crippen LogP contribution in [0.15, 0.2) is 53.5 Å². The molecule has 12 heteroatoms. The fourth-order valence-corrected chi connectivity index (χ4v) is 5.58. The second-order valence-electron chi connectivity index (χ2n) is 12.7. The van der Waals surface area contributed by atoms with E-state index in [1.807, 2.05) is 6.92 Å². The number of nitrogens with zero attached hydrogens (tertiary/aromatic N) is 1. The van der Waals surface area contributed by atoms with E-state index in [1.165, 1.54) is 80.2 Å². The van der Waals surface area contributed by atoms with Crippen molar-refractivity contribution in [1.29, 1.82) is 0 Å². The summed E-state index contributed by atoms with van der Waals surface area (Å²) in [4.78, 5) is 64.5. The van der Waals surface area contributed by atoms with Crippen LogP contribution in [0.2, 0.25) is 0 Å². The topological polar surface area (TPSA) is 133 Å². The van der Waals surface area contributed by atoms with E-state index >= 15 is 0 Å². The smallest absolute Gasteiger partial charge is 0.343 e. The number of unbranched alkanes of at least 4 members (excludes halogenated alkanes) is 10. The second-order valence-corrected chi connectivity index (χ2v) is 12.7. The van der Waals surface area contributed by atoms with Crippen LogP contribution in [-0.4, -0.2) is 41.9 Å². The van der Waals surface area contributed by atoms with Crippen LogP contribution < -0.4 is 20.8 Å². The van der Waals surface area contributed by atoms with Gasteiger partial charge in [0, 0.05) is 49.6 Å². The lowest BCUT2D eigenvalue weighted by Crippen LogP contribution is -2.32. The summed E-state index contributed by atoms with van der Waals surface area (Å²) < 4.78 is 39.7. The number of hydrogen-bond donors (Lipinski definition) is 2. The molecule has 52 heavy (non-hydrogen) atoms. The highest BCUT2D eigenvalue weighted by molar-refractivity contribution is 5.97. The van der Waals surface area contributed by atoms with E-state index in [0.717, 1.165) is 44.0 Å². The third-order valence-corrected chi connectivity index (χ3v) is 8.52. The molecule has 0 aliphatic carbocycles. The maximum atomic E-state index is 14.2. The number of hydrogen-bond acceptors (Lipinski definition) is 7. The van der Waals surface area contributed by atoms with Crippen molar-refractivity contribution in [3.63, 3.8) is 0 Å². The Labute approximate surface area is 304 Å². The highest BCUT2D eigenvalue weighted by Crippen LogP contribution is 2.19. The molecule has 2 aromatic carbocycles. The van der Waals surface area contributed by atoms with Crippen LogP contribution in [0.1, 0.15) is 134 Å². The molecule has 1 heterocycles. The van der Waals surface area contributed by atoms with Crippen molar-refractivity contribution in [3.05, 3.63) is 92.9 Å². The molecule has 10 nitrogen and oxygen atoms in total. The highest BCUT2D eigenvalue weighted by Gasteiger charge is 2.24. The molecule has 0 aliphatic heterocycles. The molecule has 1 aromatic heterocycles. The lowest BCUT2D eigenvalue weighted by atomic mass is 10.1. The Morgan fingerprint density at radius 2 is 1.48 bits per heavy atom. The van der Waals surface area contributed by atoms with Gasteiger partial charge in [-0.25, -0.2) is 13.6 Å². The summed E-state index contributed by atoms with van der Waals surface area (Å²) in [6.45, 7) is 4.37. The number of carbonyl (C=O) groups excluding carboxylic acids is 4. The lowest BCUT2D eigenvalue weighted by Gasteiger charge is -2.16. The molecule has 0 aliphatic rings. The summed E-state index contributed by atoms with van der Waals surface area (Å²) in [5.41, 5.74) is -1.31. The molecule has 0 bridgehead atoms. The number of halogens is 2. The molecule has 0 saturated heterocycles. The van der Waals surface area contributed by atoms with E-state index in [4.69, 9.17) is 9.47 Å². The first-order valence-corrected chi connectivity index (χ1v) is 18.3. The summed E-state index contributed by atoms with van der Waals surface area (Å²) in [5.74, 6) is -4.38. The van der Waals surface area contributed by atoms with Crippen LogP contribution in [0.4, 0.5) is 14.5 Å². The Morgan fingerprint density at radius 3 is 2.10 bits per heavy atom. The first-order valence-electron chi connectivity index (χ1n) is 18.3. The molecule has 0 atom stereocenters. The molecule has 0 radical (unpaired) electrons. The highest BCUT2D eigenvalue weighted by atomic mass is 19.1. The van der Waals surface area contributed by atoms with Crippen LogP contribution >= 0.6 is 0 Å². The van der Waals surface area contributed by atoms with E-state index in [-0.39, 0.29) is 42.4 Å². The van der Waals surface area contributed by atoms with Crippen LogP contribution in [0, 0.1) is 11.6 Å². The summed E-state index contributed by atoms with van der Waals surface area (Å²) >= 11 is 0. The van der Waals surface area contributed by atoms with Crippen LogP contribution in [0.25, 0.3) is 0 Å². The average Bonchev–Trinajstić information content (AvgIpc) is 3.13. The van der Waals surface area contributed by atoms with E-state index in [2.05, 4.69) is 17.6 Å². The zero-order chi connectivity index (χ0) is 37.7. The number of aromatic nitrogens is 1.